The van der Waals surface area contributed by atoms with Crippen molar-refractivity contribution in [2.24, 2.45) is 0 Å². The van der Waals surface area contributed by atoms with Gasteiger partial charge in [0.1, 0.15) is 23.2 Å². The molecule has 0 fully saturated rings. The van der Waals surface area contributed by atoms with Gasteiger partial charge in [0.25, 0.3) is 0 Å². The highest BCUT2D eigenvalue weighted by atomic mass is 19.1. The second-order valence-corrected chi connectivity index (χ2v) is 4.44. The summed E-state index contributed by atoms with van der Waals surface area (Å²) in [6.07, 6.45) is 0.344. The van der Waals surface area contributed by atoms with Gasteiger partial charge in [-0.1, -0.05) is 0 Å². The average molecular weight is 305 g/mol. The Hall–Kier alpha value is -2.70. The number of hydrogen-bond acceptors (Lipinski definition) is 5. The van der Waals surface area contributed by atoms with Crippen LogP contribution >= 0.6 is 0 Å². The molecule has 0 aliphatic carbocycles. The van der Waals surface area contributed by atoms with E-state index in [1.54, 1.807) is 0 Å². The fraction of sp³-hybridized carbons (Fsp3) is 0.267. The van der Waals surface area contributed by atoms with Crippen LogP contribution in [0.25, 0.3) is 0 Å². The van der Waals surface area contributed by atoms with Gasteiger partial charge in [-0.15, -0.1) is 0 Å². The molecule has 0 spiro atoms. The van der Waals surface area contributed by atoms with Gasteiger partial charge in [-0.05, 0) is 31.2 Å². The number of benzene rings is 1. The number of anilines is 1. The van der Waals surface area contributed by atoms with Crippen LogP contribution in [0.15, 0.2) is 30.3 Å². The second kappa shape index (κ2) is 7.35. The maximum absolute atomic E-state index is 12.8. The molecule has 0 atom stereocenters. The van der Waals surface area contributed by atoms with E-state index in [9.17, 15) is 9.18 Å². The molecular formula is C15H16FN3O3. The van der Waals surface area contributed by atoms with Crippen LogP contribution in [0, 0.1) is 5.82 Å². The first-order chi connectivity index (χ1) is 10.6. The minimum absolute atomic E-state index is 0.0669. The van der Waals surface area contributed by atoms with Gasteiger partial charge in [-0.2, -0.15) is 0 Å². The van der Waals surface area contributed by atoms with Gasteiger partial charge in [0, 0.05) is 19.0 Å². The second-order valence-electron chi connectivity index (χ2n) is 4.44. The van der Waals surface area contributed by atoms with Gasteiger partial charge in [-0.25, -0.2) is 19.2 Å². The molecule has 22 heavy (non-hydrogen) atoms. The molecule has 0 aliphatic heterocycles. The number of aromatic carboxylic acids is 1. The number of nitrogens with zero attached hydrogens (tertiary/aromatic N) is 2. The predicted octanol–water partition coefficient (Wildman–Crippen LogP) is 2.37. The van der Waals surface area contributed by atoms with Crippen LogP contribution in [0.3, 0.4) is 0 Å². The van der Waals surface area contributed by atoms with E-state index in [-0.39, 0.29) is 18.1 Å². The number of nitrogens with one attached hydrogen (secondary N) is 1. The lowest BCUT2D eigenvalue weighted by atomic mass is 10.3. The molecule has 0 aliphatic rings. The summed E-state index contributed by atoms with van der Waals surface area (Å²) in [6, 6.07) is 7.04. The van der Waals surface area contributed by atoms with Gasteiger partial charge in [0.2, 0.25) is 0 Å². The summed E-state index contributed by atoms with van der Waals surface area (Å²) >= 11 is 0. The van der Waals surface area contributed by atoms with E-state index in [1.165, 1.54) is 30.3 Å². The van der Waals surface area contributed by atoms with Crippen molar-refractivity contribution in [1.82, 2.24) is 9.97 Å². The third-order valence-electron chi connectivity index (χ3n) is 2.76. The van der Waals surface area contributed by atoms with E-state index >= 15 is 0 Å². The van der Waals surface area contributed by atoms with Crippen LogP contribution in [-0.4, -0.2) is 34.2 Å². The molecule has 1 aromatic carbocycles. The molecule has 0 unspecified atom stereocenters. The quantitative estimate of drug-likeness (QED) is 0.817. The predicted molar refractivity (Wildman–Crippen MR) is 78.8 cm³/mol. The SMILES string of the molecule is CCNc1cc(C(=O)O)nc(CCOc2ccc(F)cc2)n1. The van der Waals surface area contributed by atoms with Crippen molar-refractivity contribution in [2.75, 3.05) is 18.5 Å². The average Bonchev–Trinajstić information content (AvgIpc) is 2.49. The molecule has 1 heterocycles. The summed E-state index contributed by atoms with van der Waals surface area (Å²) < 4.78 is 18.2. The molecule has 7 heteroatoms. The summed E-state index contributed by atoms with van der Waals surface area (Å²) in [5.41, 5.74) is -0.0669. The van der Waals surface area contributed by atoms with Crippen LogP contribution in [0.4, 0.5) is 10.2 Å². The number of hydrogen-bond donors (Lipinski definition) is 2. The smallest absolute Gasteiger partial charge is 0.354 e. The van der Waals surface area contributed by atoms with E-state index in [0.29, 0.717) is 30.4 Å². The molecule has 2 aromatic rings. The van der Waals surface area contributed by atoms with E-state index < -0.39 is 5.97 Å². The van der Waals surface area contributed by atoms with Crippen LogP contribution in [-0.2, 0) is 6.42 Å². The highest BCUT2D eigenvalue weighted by Crippen LogP contribution is 2.12. The number of aromatic nitrogens is 2. The highest BCUT2D eigenvalue weighted by molar-refractivity contribution is 5.86. The largest absolute Gasteiger partial charge is 0.493 e. The van der Waals surface area contributed by atoms with Crippen LogP contribution in [0.1, 0.15) is 23.2 Å². The number of carbonyl (C=O) groups is 1. The summed E-state index contributed by atoms with van der Waals surface area (Å²) in [6.45, 7) is 2.78. The third kappa shape index (κ3) is 4.41. The van der Waals surface area contributed by atoms with Crippen LogP contribution in [0.5, 0.6) is 5.75 Å². The molecule has 0 bridgehead atoms. The van der Waals surface area contributed by atoms with Gasteiger partial charge < -0.3 is 15.2 Å². The monoisotopic (exact) mass is 305 g/mol. The third-order valence-corrected chi connectivity index (χ3v) is 2.76. The standard InChI is InChI=1S/C15H16FN3O3/c1-2-17-14-9-12(15(20)21)18-13(19-14)7-8-22-11-5-3-10(16)4-6-11/h3-6,9H,2,7-8H2,1H3,(H,20,21)(H,17,18,19). The van der Waals surface area contributed by atoms with Gasteiger partial charge in [0.05, 0.1) is 6.61 Å². The molecule has 0 saturated carbocycles. The normalized spacial score (nSPS) is 10.3. The lowest BCUT2D eigenvalue weighted by Gasteiger charge is -2.08. The first-order valence-corrected chi connectivity index (χ1v) is 6.82. The van der Waals surface area contributed by atoms with Gasteiger partial charge in [-0.3, -0.25) is 0 Å². The summed E-state index contributed by atoms with van der Waals surface area (Å²) in [7, 11) is 0. The van der Waals surface area contributed by atoms with E-state index in [4.69, 9.17) is 9.84 Å². The fourth-order valence-electron chi connectivity index (χ4n) is 1.78. The molecule has 6 nitrogen and oxygen atoms in total. The molecule has 0 radical (unpaired) electrons. The minimum Gasteiger partial charge on any atom is -0.493 e. The van der Waals surface area contributed by atoms with Crippen molar-refractivity contribution in [3.05, 3.63) is 47.7 Å². The molecule has 0 saturated heterocycles. The van der Waals surface area contributed by atoms with Gasteiger partial charge in [0.15, 0.2) is 5.69 Å². The van der Waals surface area contributed by atoms with Crippen LogP contribution in [0.2, 0.25) is 0 Å². The number of halogens is 1. The molecule has 116 valence electrons. The Bertz CT molecular complexity index is 647. The van der Waals surface area contributed by atoms with Crippen molar-refractivity contribution in [1.29, 1.82) is 0 Å². The Morgan fingerprint density at radius 3 is 2.68 bits per heavy atom. The molecule has 2 rings (SSSR count). The summed E-state index contributed by atoms with van der Waals surface area (Å²) in [5.74, 6) is -0.0743. The Labute approximate surface area is 127 Å². The lowest BCUT2D eigenvalue weighted by molar-refractivity contribution is 0.0690. The fourth-order valence-corrected chi connectivity index (χ4v) is 1.78. The van der Waals surface area contributed by atoms with Crippen LogP contribution < -0.4 is 10.1 Å². The molecule has 0 amide bonds. The Morgan fingerprint density at radius 2 is 2.05 bits per heavy atom. The summed E-state index contributed by atoms with van der Waals surface area (Å²) in [4.78, 5) is 19.2. The van der Waals surface area contributed by atoms with Crippen molar-refractivity contribution in [2.45, 2.75) is 13.3 Å². The summed E-state index contributed by atoms with van der Waals surface area (Å²) in [5, 5.41) is 12.0. The number of carboxylic acids is 1. The Kier molecular flexibility index (Phi) is 5.24. The lowest BCUT2D eigenvalue weighted by Crippen LogP contribution is -2.12. The van der Waals surface area contributed by atoms with Crippen molar-refractivity contribution < 1.29 is 19.0 Å². The topological polar surface area (TPSA) is 84.3 Å². The first kappa shape index (κ1) is 15.7. The molecular weight excluding hydrogens is 289 g/mol. The van der Waals surface area contributed by atoms with E-state index in [0.717, 1.165) is 0 Å². The van der Waals surface area contributed by atoms with Crippen molar-refractivity contribution in [3.8, 4) is 5.75 Å². The van der Waals surface area contributed by atoms with Crippen molar-refractivity contribution in [3.63, 3.8) is 0 Å². The maximum Gasteiger partial charge on any atom is 0.354 e. The zero-order valence-corrected chi connectivity index (χ0v) is 12.0. The van der Waals surface area contributed by atoms with E-state index in [2.05, 4.69) is 15.3 Å². The number of rotatable bonds is 7. The highest BCUT2D eigenvalue weighted by Gasteiger charge is 2.10. The van der Waals surface area contributed by atoms with Crippen molar-refractivity contribution >= 4 is 11.8 Å². The minimum atomic E-state index is -1.11. The molecule has 2 N–H and O–H groups in total. The number of ether oxygens (including phenoxy) is 1. The first-order valence-electron chi connectivity index (χ1n) is 6.82. The van der Waals surface area contributed by atoms with E-state index in [1.807, 2.05) is 6.92 Å². The zero-order valence-electron chi connectivity index (χ0n) is 12.0. The Balaban J connectivity index is 2.01. The van der Waals surface area contributed by atoms with Gasteiger partial charge >= 0.3 is 5.97 Å². The maximum atomic E-state index is 12.8. The Morgan fingerprint density at radius 1 is 1.32 bits per heavy atom. The number of carboxylic acid groups (broad SMARTS) is 1. The molecule has 1 aromatic heterocycles. The zero-order chi connectivity index (χ0) is 15.9.